The van der Waals surface area contributed by atoms with Gasteiger partial charge in [-0.2, -0.15) is 13.2 Å². The number of benzene rings is 2. The lowest BCUT2D eigenvalue weighted by Crippen LogP contribution is -2.15. The summed E-state index contributed by atoms with van der Waals surface area (Å²) in [5.74, 6) is 0.119. The van der Waals surface area contributed by atoms with Gasteiger partial charge in [-0.05, 0) is 44.5 Å². The maximum atomic E-state index is 12.9. The maximum Gasteiger partial charge on any atom is 0.416 e. The number of nitrogens with zero attached hydrogens (tertiary/aromatic N) is 1. The molecule has 0 aliphatic carbocycles. The van der Waals surface area contributed by atoms with Crippen LogP contribution in [0, 0.1) is 6.92 Å². The fraction of sp³-hybridized carbons (Fsp3) is 0.273. The van der Waals surface area contributed by atoms with E-state index in [2.05, 4.69) is 10.3 Å². The van der Waals surface area contributed by atoms with E-state index in [1.165, 1.54) is 17.4 Å². The van der Waals surface area contributed by atoms with Gasteiger partial charge in [-0.3, -0.25) is 10.1 Å². The molecule has 2 aromatic carbocycles. The van der Waals surface area contributed by atoms with Gasteiger partial charge in [0.1, 0.15) is 5.75 Å². The van der Waals surface area contributed by atoms with Crippen LogP contribution in [0.2, 0.25) is 0 Å². The summed E-state index contributed by atoms with van der Waals surface area (Å²) >= 11 is 1.25. The third-order valence-corrected chi connectivity index (χ3v) is 5.30. The molecule has 3 rings (SSSR count). The first-order chi connectivity index (χ1) is 14.1. The number of hydrogen-bond donors (Lipinski definition) is 1. The van der Waals surface area contributed by atoms with Crippen LogP contribution < -0.4 is 10.1 Å². The fourth-order valence-corrected chi connectivity index (χ4v) is 3.86. The number of anilines is 1. The predicted molar refractivity (Wildman–Crippen MR) is 111 cm³/mol. The summed E-state index contributed by atoms with van der Waals surface area (Å²) in [4.78, 5) is 17.8. The number of nitrogens with one attached hydrogen (secondary N) is 1. The molecule has 1 aromatic heterocycles. The second-order valence-electron chi connectivity index (χ2n) is 7.02. The molecule has 0 aliphatic heterocycles. The Morgan fingerprint density at radius 3 is 2.60 bits per heavy atom. The SMILES string of the molecule is Cc1nc(NC(=O)c2ccccc2OC(C)C)sc1Cc1cccc(C(F)(F)F)c1. The first-order valence-electron chi connectivity index (χ1n) is 9.33. The molecule has 8 heteroatoms. The van der Waals surface area contributed by atoms with E-state index in [4.69, 9.17) is 4.74 Å². The standard InChI is InChI=1S/C22H21F3N2O2S/c1-13(2)29-18-10-5-4-9-17(18)20(28)27-21-26-14(3)19(30-21)12-15-7-6-8-16(11-15)22(23,24)25/h4-11,13H,12H2,1-3H3,(H,26,27,28). The Hall–Kier alpha value is -2.87. The minimum Gasteiger partial charge on any atom is -0.490 e. The molecular formula is C22H21F3N2O2S. The predicted octanol–water partition coefficient (Wildman–Crippen LogP) is 6.10. The van der Waals surface area contributed by atoms with Gasteiger partial charge in [-0.15, -0.1) is 11.3 Å². The van der Waals surface area contributed by atoms with Crippen molar-refractivity contribution in [2.45, 2.75) is 39.5 Å². The van der Waals surface area contributed by atoms with E-state index in [0.717, 1.165) is 17.0 Å². The summed E-state index contributed by atoms with van der Waals surface area (Å²) in [5.41, 5.74) is 0.903. The molecule has 0 atom stereocenters. The average molecular weight is 434 g/mol. The maximum absolute atomic E-state index is 12.9. The number of ether oxygens (including phenoxy) is 1. The molecule has 0 unspecified atom stereocenters. The van der Waals surface area contributed by atoms with Crippen molar-refractivity contribution in [1.29, 1.82) is 0 Å². The number of alkyl halides is 3. The number of amides is 1. The Labute approximate surface area is 176 Å². The molecule has 0 saturated carbocycles. The Morgan fingerprint density at radius 1 is 1.17 bits per heavy atom. The lowest BCUT2D eigenvalue weighted by Gasteiger charge is -2.13. The first kappa shape index (κ1) is 21.8. The summed E-state index contributed by atoms with van der Waals surface area (Å²) in [6.45, 7) is 5.52. The summed E-state index contributed by atoms with van der Waals surface area (Å²) in [5, 5.41) is 3.15. The van der Waals surface area contributed by atoms with E-state index in [1.807, 2.05) is 13.8 Å². The van der Waals surface area contributed by atoms with Crippen molar-refractivity contribution in [1.82, 2.24) is 4.98 Å². The molecule has 30 heavy (non-hydrogen) atoms. The number of carbonyl (C=O) groups excluding carboxylic acids is 1. The highest BCUT2D eigenvalue weighted by Crippen LogP contribution is 2.31. The van der Waals surface area contributed by atoms with Crippen molar-refractivity contribution < 1.29 is 22.7 Å². The highest BCUT2D eigenvalue weighted by molar-refractivity contribution is 7.15. The molecular weight excluding hydrogens is 413 g/mol. The zero-order valence-electron chi connectivity index (χ0n) is 16.7. The van der Waals surface area contributed by atoms with Crippen LogP contribution in [0.4, 0.5) is 18.3 Å². The van der Waals surface area contributed by atoms with Crippen LogP contribution >= 0.6 is 11.3 Å². The van der Waals surface area contributed by atoms with E-state index >= 15 is 0 Å². The van der Waals surface area contributed by atoms with Gasteiger partial charge in [-0.25, -0.2) is 4.98 Å². The number of rotatable bonds is 6. The Bertz CT molecular complexity index is 1040. The van der Waals surface area contributed by atoms with E-state index in [1.54, 1.807) is 37.3 Å². The fourth-order valence-electron chi connectivity index (χ4n) is 2.86. The second-order valence-corrected chi connectivity index (χ2v) is 8.10. The molecule has 0 saturated heterocycles. The largest absolute Gasteiger partial charge is 0.490 e. The minimum atomic E-state index is -4.39. The Morgan fingerprint density at radius 2 is 1.90 bits per heavy atom. The van der Waals surface area contributed by atoms with Crippen LogP contribution in [-0.4, -0.2) is 17.0 Å². The highest BCUT2D eigenvalue weighted by atomic mass is 32.1. The molecule has 3 aromatic rings. The number of thiazole rings is 1. The number of aryl methyl sites for hydroxylation is 1. The molecule has 1 amide bonds. The quantitative estimate of drug-likeness (QED) is 0.510. The normalized spacial score (nSPS) is 11.6. The van der Waals surface area contributed by atoms with E-state index in [9.17, 15) is 18.0 Å². The van der Waals surface area contributed by atoms with Gasteiger partial charge in [0, 0.05) is 11.3 Å². The van der Waals surface area contributed by atoms with Gasteiger partial charge in [0.2, 0.25) is 0 Å². The minimum absolute atomic E-state index is 0.0832. The number of carbonyl (C=O) groups is 1. The topological polar surface area (TPSA) is 51.2 Å². The number of hydrogen-bond acceptors (Lipinski definition) is 4. The van der Waals surface area contributed by atoms with Crippen molar-refractivity contribution in [2.75, 3.05) is 5.32 Å². The zero-order valence-corrected chi connectivity index (χ0v) is 17.5. The summed E-state index contributed by atoms with van der Waals surface area (Å²) in [6.07, 6.45) is -4.17. The van der Waals surface area contributed by atoms with Gasteiger partial charge < -0.3 is 4.74 Å². The Balaban J connectivity index is 1.77. The number of aromatic nitrogens is 1. The van der Waals surface area contributed by atoms with Crippen molar-refractivity contribution in [2.24, 2.45) is 0 Å². The van der Waals surface area contributed by atoms with E-state index in [0.29, 0.717) is 34.1 Å². The molecule has 158 valence electrons. The van der Waals surface area contributed by atoms with E-state index < -0.39 is 11.7 Å². The zero-order chi connectivity index (χ0) is 21.9. The van der Waals surface area contributed by atoms with Crippen LogP contribution in [0.5, 0.6) is 5.75 Å². The van der Waals surface area contributed by atoms with Crippen LogP contribution in [0.3, 0.4) is 0 Å². The van der Waals surface area contributed by atoms with Crippen molar-refractivity contribution in [3.63, 3.8) is 0 Å². The second kappa shape index (κ2) is 8.87. The van der Waals surface area contributed by atoms with Crippen LogP contribution in [0.15, 0.2) is 48.5 Å². The van der Waals surface area contributed by atoms with Gasteiger partial charge in [0.25, 0.3) is 5.91 Å². The van der Waals surface area contributed by atoms with Crippen molar-refractivity contribution in [3.05, 3.63) is 75.8 Å². The average Bonchev–Trinajstić information content (AvgIpc) is 3.00. The van der Waals surface area contributed by atoms with Crippen LogP contribution in [-0.2, 0) is 12.6 Å². The molecule has 0 radical (unpaired) electrons. The summed E-state index contributed by atoms with van der Waals surface area (Å²) in [7, 11) is 0. The van der Waals surface area contributed by atoms with Crippen molar-refractivity contribution in [3.8, 4) is 5.75 Å². The highest BCUT2D eigenvalue weighted by Gasteiger charge is 2.30. The van der Waals surface area contributed by atoms with Gasteiger partial charge in [0.05, 0.1) is 22.9 Å². The molecule has 1 N–H and O–H groups in total. The number of halogens is 3. The lowest BCUT2D eigenvalue weighted by molar-refractivity contribution is -0.137. The van der Waals surface area contributed by atoms with E-state index in [-0.39, 0.29) is 12.0 Å². The third-order valence-electron chi connectivity index (χ3n) is 4.23. The first-order valence-corrected chi connectivity index (χ1v) is 10.1. The molecule has 4 nitrogen and oxygen atoms in total. The molecule has 0 bridgehead atoms. The third kappa shape index (κ3) is 5.38. The monoisotopic (exact) mass is 434 g/mol. The molecule has 0 spiro atoms. The van der Waals surface area contributed by atoms with Gasteiger partial charge in [0.15, 0.2) is 5.13 Å². The van der Waals surface area contributed by atoms with Crippen LogP contribution in [0.25, 0.3) is 0 Å². The summed E-state index contributed by atoms with van der Waals surface area (Å²) < 4.78 is 44.5. The van der Waals surface area contributed by atoms with Crippen molar-refractivity contribution >= 4 is 22.4 Å². The molecule has 1 heterocycles. The smallest absolute Gasteiger partial charge is 0.416 e. The number of para-hydroxylation sites is 1. The lowest BCUT2D eigenvalue weighted by atomic mass is 10.1. The Kier molecular flexibility index (Phi) is 6.45. The molecule has 0 aliphatic rings. The molecule has 0 fully saturated rings. The van der Waals surface area contributed by atoms with Crippen LogP contribution in [0.1, 0.15) is 45.9 Å². The van der Waals surface area contributed by atoms with Gasteiger partial charge >= 0.3 is 6.18 Å². The van der Waals surface area contributed by atoms with Gasteiger partial charge in [-0.1, -0.05) is 30.3 Å². The summed E-state index contributed by atoms with van der Waals surface area (Å²) in [6, 6.07) is 12.1.